The zero-order chi connectivity index (χ0) is 13.4. The Morgan fingerprint density at radius 2 is 2.00 bits per heavy atom. The fraction of sp³-hybridized carbons (Fsp3) is 0.733. The van der Waals surface area contributed by atoms with Crippen LogP contribution in [0.15, 0.2) is 22.8 Å². The first-order chi connectivity index (χ1) is 8.30. The monoisotopic (exact) mass is 268 g/mol. The van der Waals surface area contributed by atoms with Gasteiger partial charge in [0, 0.05) is 0 Å². The van der Waals surface area contributed by atoms with Gasteiger partial charge in [0.2, 0.25) is 0 Å². The molecule has 0 aromatic carbocycles. The minimum atomic E-state index is -2.80. The van der Waals surface area contributed by atoms with E-state index in [2.05, 4.69) is 20.8 Å². The van der Waals surface area contributed by atoms with E-state index in [9.17, 15) is 8.42 Å². The van der Waals surface area contributed by atoms with Gasteiger partial charge < -0.3 is 0 Å². The molecule has 2 aliphatic rings. The standard InChI is InChI=1S/C15H24O2S/c1-12-5-4-9-15(2,3)14(12)7-6-13-8-10-18(16,17)11-13/h8H,4-7,9-11H2,1-3H3. The van der Waals surface area contributed by atoms with Gasteiger partial charge in [0.05, 0.1) is 11.5 Å². The Bertz CT molecular complexity index is 493. The first-order valence-electron chi connectivity index (χ1n) is 6.88. The molecule has 2 rings (SSSR count). The molecule has 1 aliphatic heterocycles. The summed E-state index contributed by atoms with van der Waals surface area (Å²) in [6, 6.07) is 0. The maximum Gasteiger partial charge on any atom is 0.157 e. The van der Waals surface area contributed by atoms with Gasteiger partial charge in [-0.2, -0.15) is 0 Å². The lowest BCUT2D eigenvalue weighted by molar-refractivity contribution is 0.354. The van der Waals surface area contributed by atoms with Crippen LogP contribution in [0.4, 0.5) is 0 Å². The highest BCUT2D eigenvalue weighted by Crippen LogP contribution is 2.42. The third-order valence-corrected chi connectivity index (χ3v) is 5.90. The molecule has 0 radical (unpaired) electrons. The molecule has 18 heavy (non-hydrogen) atoms. The second-order valence-corrected chi connectivity index (χ2v) is 8.52. The summed E-state index contributed by atoms with van der Waals surface area (Å²) < 4.78 is 22.8. The quantitative estimate of drug-likeness (QED) is 0.732. The molecule has 0 N–H and O–H groups in total. The van der Waals surface area contributed by atoms with Gasteiger partial charge in [0.1, 0.15) is 0 Å². The summed E-state index contributed by atoms with van der Waals surface area (Å²) in [5.74, 6) is 0.545. The zero-order valence-electron chi connectivity index (χ0n) is 11.8. The van der Waals surface area contributed by atoms with Crippen LogP contribution in [0.3, 0.4) is 0 Å². The number of sulfone groups is 1. The van der Waals surface area contributed by atoms with Gasteiger partial charge in [-0.3, -0.25) is 0 Å². The van der Waals surface area contributed by atoms with Crippen molar-refractivity contribution in [3.8, 4) is 0 Å². The van der Waals surface area contributed by atoms with Crippen molar-refractivity contribution in [2.45, 2.75) is 52.9 Å². The molecule has 0 unspecified atom stereocenters. The predicted molar refractivity (Wildman–Crippen MR) is 76.3 cm³/mol. The third kappa shape index (κ3) is 3.05. The minimum Gasteiger partial charge on any atom is -0.228 e. The Balaban J connectivity index is 2.02. The highest BCUT2D eigenvalue weighted by atomic mass is 32.2. The van der Waals surface area contributed by atoms with Gasteiger partial charge in [-0.25, -0.2) is 8.42 Å². The molecule has 0 amide bonds. The van der Waals surface area contributed by atoms with E-state index in [4.69, 9.17) is 0 Å². The molecule has 1 heterocycles. The summed E-state index contributed by atoms with van der Waals surface area (Å²) in [6.45, 7) is 6.89. The molecule has 0 atom stereocenters. The first kappa shape index (κ1) is 13.9. The molecule has 0 aromatic heterocycles. The van der Waals surface area contributed by atoms with Crippen LogP contribution in [0.2, 0.25) is 0 Å². The van der Waals surface area contributed by atoms with Gasteiger partial charge in [-0.1, -0.05) is 36.6 Å². The third-order valence-electron chi connectivity index (χ3n) is 4.41. The van der Waals surface area contributed by atoms with Crippen molar-refractivity contribution in [3.05, 3.63) is 22.8 Å². The largest absolute Gasteiger partial charge is 0.228 e. The second kappa shape index (κ2) is 4.84. The molecule has 0 bridgehead atoms. The highest BCUT2D eigenvalue weighted by Gasteiger charge is 2.28. The van der Waals surface area contributed by atoms with E-state index in [1.54, 1.807) is 5.57 Å². The Kier molecular flexibility index (Phi) is 3.72. The maximum absolute atomic E-state index is 11.4. The van der Waals surface area contributed by atoms with E-state index in [0.717, 1.165) is 18.4 Å². The lowest BCUT2D eigenvalue weighted by atomic mass is 9.71. The molecular formula is C15H24O2S. The topological polar surface area (TPSA) is 34.1 Å². The molecule has 3 heteroatoms. The average molecular weight is 268 g/mol. The summed E-state index contributed by atoms with van der Waals surface area (Å²) in [5, 5.41) is 0. The Morgan fingerprint density at radius 1 is 1.28 bits per heavy atom. The molecule has 102 valence electrons. The van der Waals surface area contributed by atoms with E-state index in [0.29, 0.717) is 11.2 Å². The summed E-state index contributed by atoms with van der Waals surface area (Å²) in [7, 11) is -2.80. The van der Waals surface area contributed by atoms with Crippen LogP contribution >= 0.6 is 0 Å². The van der Waals surface area contributed by atoms with Crippen molar-refractivity contribution in [2.75, 3.05) is 11.5 Å². The normalized spacial score (nSPS) is 26.3. The lowest BCUT2D eigenvalue weighted by Crippen LogP contribution is -2.20. The van der Waals surface area contributed by atoms with Gasteiger partial charge >= 0.3 is 0 Å². The zero-order valence-corrected chi connectivity index (χ0v) is 12.6. The predicted octanol–water partition coefficient (Wildman–Crippen LogP) is 3.65. The number of hydrogen-bond acceptors (Lipinski definition) is 2. The smallest absolute Gasteiger partial charge is 0.157 e. The van der Waals surface area contributed by atoms with Crippen molar-refractivity contribution in [3.63, 3.8) is 0 Å². The highest BCUT2D eigenvalue weighted by molar-refractivity contribution is 7.92. The van der Waals surface area contributed by atoms with E-state index < -0.39 is 9.84 Å². The molecule has 0 saturated carbocycles. The number of hydrogen-bond donors (Lipinski definition) is 0. The van der Waals surface area contributed by atoms with Crippen LogP contribution in [0.5, 0.6) is 0 Å². The molecule has 2 nitrogen and oxygen atoms in total. The van der Waals surface area contributed by atoms with Crippen LogP contribution in [0.1, 0.15) is 52.9 Å². The van der Waals surface area contributed by atoms with Crippen molar-refractivity contribution in [1.29, 1.82) is 0 Å². The minimum absolute atomic E-state index is 0.254. The summed E-state index contributed by atoms with van der Waals surface area (Å²) >= 11 is 0. The fourth-order valence-electron chi connectivity index (χ4n) is 3.33. The second-order valence-electron chi connectivity index (χ2n) is 6.41. The summed E-state index contributed by atoms with van der Waals surface area (Å²) in [6.07, 6.45) is 7.66. The summed E-state index contributed by atoms with van der Waals surface area (Å²) in [5.41, 5.74) is 4.53. The number of rotatable bonds is 3. The lowest BCUT2D eigenvalue weighted by Gasteiger charge is -2.34. The Morgan fingerprint density at radius 3 is 2.56 bits per heavy atom. The van der Waals surface area contributed by atoms with E-state index in [1.165, 1.54) is 24.8 Å². The van der Waals surface area contributed by atoms with Crippen molar-refractivity contribution in [1.82, 2.24) is 0 Å². The molecular weight excluding hydrogens is 244 g/mol. The molecule has 0 saturated heterocycles. The van der Waals surface area contributed by atoms with Crippen molar-refractivity contribution in [2.24, 2.45) is 5.41 Å². The fourth-order valence-corrected chi connectivity index (χ4v) is 4.77. The summed E-state index contributed by atoms with van der Waals surface area (Å²) in [4.78, 5) is 0. The van der Waals surface area contributed by atoms with Crippen molar-refractivity contribution >= 4 is 9.84 Å². The SMILES string of the molecule is CC1=C(CCC2=CCS(=O)(=O)C2)C(C)(C)CCC1. The van der Waals surface area contributed by atoms with E-state index in [-0.39, 0.29) is 5.75 Å². The first-order valence-corrected chi connectivity index (χ1v) is 8.70. The van der Waals surface area contributed by atoms with Crippen LogP contribution in [-0.2, 0) is 9.84 Å². The van der Waals surface area contributed by atoms with E-state index in [1.807, 2.05) is 6.08 Å². The van der Waals surface area contributed by atoms with Crippen LogP contribution < -0.4 is 0 Å². The Labute approximate surface area is 111 Å². The van der Waals surface area contributed by atoms with E-state index >= 15 is 0 Å². The van der Waals surface area contributed by atoms with Gasteiger partial charge in [-0.05, 0) is 44.4 Å². The molecule has 1 aliphatic carbocycles. The van der Waals surface area contributed by atoms with Gasteiger partial charge in [-0.15, -0.1) is 0 Å². The van der Waals surface area contributed by atoms with Crippen LogP contribution in [0.25, 0.3) is 0 Å². The van der Waals surface area contributed by atoms with Gasteiger partial charge in [0.25, 0.3) is 0 Å². The average Bonchev–Trinajstić information content (AvgIpc) is 2.56. The number of allylic oxidation sites excluding steroid dienone is 2. The Hall–Kier alpha value is -0.570. The van der Waals surface area contributed by atoms with Crippen LogP contribution in [-0.4, -0.2) is 19.9 Å². The molecule has 0 fully saturated rings. The van der Waals surface area contributed by atoms with Crippen LogP contribution in [0, 0.1) is 5.41 Å². The van der Waals surface area contributed by atoms with Crippen molar-refractivity contribution < 1.29 is 8.42 Å². The molecule has 0 aromatic rings. The van der Waals surface area contributed by atoms with Gasteiger partial charge in [0.15, 0.2) is 9.84 Å². The molecule has 0 spiro atoms. The maximum atomic E-state index is 11.4.